The molecule has 8 heteroatoms. The topological polar surface area (TPSA) is 89.5 Å². The zero-order valence-electron chi connectivity index (χ0n) is 19.0. The molecule has 0 aliphatic carbocycles. The predicted molar refractivity (Wildman–Crippen MR) is 126 cm³/mol. The summed E-state index contributed by atoms with van der Waals surface area (Å²) >= 11 is 0. The van der Waals surface area contributed by atoms with Crippen LogP contribution in [0.15, 0.2) is 60.2 Å². The third-order valence-electron chi connectivity index (χ3n) is 5.42. The van der Waals surface area contributed by atoms with Crippen molar-refractivity contribution in [3.8, 4) is 17.2 Å². The molecule has 0 bridgehead atoms. The summed E-state index contributed by atoms with van der Waals surface area (Å²) in [5.74, 6) is 1.40. The summed E-state index contributed by atoms with van der Waals surface area (Å²) in [6, 6.07) is 12.5. The number of carbonyl (C=O) groups is 2. The number of piperidine rings is 1. The number of ether oxygens (including phenoxy) is 3. The Bertz CT molecular complexity index is 996. The van der Waals surface area contributed by atoms with Gasteiger partial charge in [0.2, 0.25) is 5.91 Å². The van der Waals surface area contributed by atoms with Gasteiger partial charge in [0.25, 0.3) is 5.91 Å². The molecule has 2 aromatic carbocycles. The molecule has 1 fully saturated rings. The monoisotopic (exact) mass is 451 g/mol. The van der Waals surface area contributed by atoms with Gasteiger partial charge >= 0.3 is 0 Å². The van der Waals surface area contributed by atoms with E-state index in [1.54, 1.807) is 42.5 Å². The van der Waals surface area contributed by atoms with Crippen LogP contribution in [0.1, 0.15) is 28.8 Å². The fraction of sp³-hybridized carbons (Fsp3) is 0.320. The molecular formula is C25H29N3O5. The molecular weight excluding hydrogens is 422 g/mol. The molecule has 1 heterocycles. The summed E-state index contributed by atoms with van der Waals surface area (Å²) in [6.45, 7) is 5.06. The van der Waals surface area contributed by atoms with Crippen molar-refractivity contribution in [2.45, 2.75) is 12.8 Å². The predicted octanol–water partition coefficient (Wildman–Crippen LogP) is 3.27. The van der Waals surface area contributed by atoms with Crippen LogP contribution < -0.4 is 19.6 Å². The third-order valence-corrected chi connectivity index (χ3v) is 5.42. The number of methoxy groups -OCH3 is 2. The van der Waals surface area contributed by atoms with Crippen LogP contribution in [0, 0.1) is 5.92 Å². The van der Waals surface area contributed by atoms with Gasteiger partial charge in [-0.3, -0.25) is 9.59 Å². The van der Waals surface area contributed by atoms with Crippen molar-refractivity contribution >= 4 is 18.0 Å². The average molecular weight is 452 g/mol. The number of hydrogen-bond donors (Lipinski definition) is 1. The maximum absolute atomic E-state index is 12.8. The first-order chi connectivity index (χ1) is 16.0. The van der Waals surface area contributed by atoms with Crippen LogP contribution >= 0.6 is 0 Å². The summed E-state index contributed by atoms with van der Waals surface area (Å²) in [7, 11) is 3.09. The molecule has 0 aromatic heterocycles. The van der Waals surface area contributed by atoms with Crippen molar-refractivity contribution in [2.75, 3.05) is 33.9 Å². The molecule has 0 spiro atoms. The Kier molecular flexibility index (Phi) is 8.46. The summed E-state index contributed by atoms with van der Waals surface area (Å²) in [5, 5.41) is 4.06. The SMILES string of the molecule is C=CCOc1ccc(/C=N\NC(=O)C2CCN(C(=O)c3ccc(OC)c(OC)c3)CC2)cc1. The van der Waals surface area contributed by atoms with Crippen LogP contribution in [0.2, 0.25) is 0 Å². The minimum Gasteiger partial charge on any atom is -0.493 e. The van der Waals surface area contributed by atoms with E-state index in [0.717, 1.165) is 11.3 Å². The lowest BCUT2D eigenvalue weighted by molar-refractivity contribution is -0.126. The fourth-order valence-electron chi connectivity index (χ4n) is 3.56. The smallest absolute Gasteiger partial charge is 0.253 e. The fourth-order valence-corrected chi connectivity index (χ4v) is 3.56. The number of nitrogens with zero attached hydrogens (tertiary/aromatic N) is 2. The molecule has 8 nitrogen and oxygen atoms in total. The van der Waals surface area contributed by atoms with Gasteiger partial charge in [0.15, 0.2) is 11.5 Å². The van der Waals surface area contributed by atoms with Crippen LogP contribution in [0.25, 0.3) is 0 Å². The molecule has 3 rings (SSSR count). The largest absolute Gasteiger partial charge is 0.493 e. The van der Waals surface area contributed by atoms with E-state index in [9.17, 15) is 9.59 Å². The summed E-state index contributed by atoms with van der Waals surface area (Å²) in [5.41, 5.74) is 3.98. The number of rotatable bonds is 9. The lowest BCUT2D eigenvalue weighted by Crippen LogP contribution is -2.42. The number of hydrogen-bond acceptors (Lipinski definition) is 6. The third kappa shape index (κ3) is 6.35. The van der Waals surface area contributed by atoms with E-state index in [-0.39, 0.29) is 17.7 Å². The number of likely N-dealkylation sites (tertiary alicyclic amines) is 1. The van der Waals surface area contributed by atoms with Gasteiger partial charge in [-0.1, -0.05) is 12.7 Å². The average Bonchev–Trinajstić information content (AvgIpc) is 2.87. The molecule has 1 aliphatic rings. The zero-order valence-corrected chi connectivity index (χ0v) is 19.0. The van der Waals surface area contributed by atoms with Crippen molar-refractivity contribution in [1.29, 1.82) is 0 Å². The molecule has 1 saturated heterocycles. The second-order valence-electron chi connectivity index (χ2n) is 7.54. The van der Waals surface area contributed by atoms with Gasteiger partial charge in [0, 0.05) is 24.6 Å². The molecule has 1 aliphatic heterocycles. The highest BCUT2D eigenvalue weighted by atomic mass is 16.5. The van der Waals surface area contributed by atoms with Crippen LogP contribution in [0.5, 0.6) is 17.2 Å². The Labute approximate surface area is 193 Å². The van der Waals surface area contributed by atoms with Gasteiger partial charge in [-0.05, 0) is 60.9 Å². The summed E-state index contributed by atoms with van der Waals surface area (Å²) in [6.07, 6.45) is 4.43. The molecule has 2 amide bonds. The Morgan fingerprint density at radius 2 is 1.79 bits per heavy atom. The number of carbonyl (C=O) groups excluding carboxylic acids is 2. The van der Waals surface area contributed by atoms with Gasteiger partial charge in [0.1, 0.15) is 12.4 Å². The number of hydrazone groups is 1. The van der Waals surface area contributed by atoms with E-state index in [1.807, 2.05) is 24.3 Å². The van der Waals surface area contributed by atoms with Crippen molar-refractivity contribution in [1.82, 2.24) is 10.3 Å². The number of amides is 2. The first-order valence-corrected chi connectivity index (χ1v) is 10.7. The summed E-state index contributed by atoms with van der Waals surface area (Å²) in [4.78, 5) is 27.1. The Morgan fingerprint density at radius 1 is 1.09 bits per heavy atom. The van der Waals surface area contributed by atoms with Crippen molar-refractivity contribution in [3.05, 3.63) is 66.2 Å². The molecule has 2 aromatic rings. The Morgan fingerprint density at radius 3 is 2.42 bits per heavy atom. The Hall–Kier alpha value is -3.81. The highest BCUT2D eigenvalue weighted by Crippen LogP contribution is 2.29. The van der Waals surface area contributed by atoms with E-state index in [4.69, 9.17) is 14.2 Å². The quantitative estimate of drug-likeness (QED) is 0.359. The minimum atomic E-state index is -0.189. The first kappa shape index (κ1) is 23.8. The Balaban J connectivity index is 1.48. The van der Waals surface area contributed by atoms with E-state index >= 15 is 0 Å². The van der Waals surface area contributed by atoms with Gasteiger partial charge in [-0.2, -0.15) is 5.10 Å². The number of nitrogens with one attached hydrogen (secondary N) is 1. The zero-order chi connectivity index (χ0) is 23.6. The maximum Gasteiger partial charge on any atom is 0.253 e. The van der Waals surface area contributed by atoms with E-state index in [0.29, 0.717) is 49.6 Å². The van der Waals surface area contributed by atoms with E-state index in [1.165, 1.54) is 7.11 Å². The van der Waals surface area contributed by atoms with Crippen molar-refractivity contribution < 1.29 is 23.8 Å². The summed E-state index contributed by atoms with van der Waals surface area (Å²) < 4.78 is 15.9. The molecule has 0 unspecified atom stereocenters. The van der Waals surface area contributed by atoms with Crippen LogP contribution in [0.3, 0.4) is 0 Å². The normalized spacial score (nSPS) is 14.1. The second kappa shape index (κ2) is 11.7. The lowest BCUT2D eigenvalue weighted by Gasteiger charge is -2.31. The van der Waals surface area contributed by atoms with Gasteiger partial charge < -0.3 is 19.1 Å². The molecule has 174 valence electrons. The highest BCUT2D eigenvalue weighted by Gasteiger charge is 2.28. The minimum absolute atomic E-state index is 0.0895. The lowest BCUT2D eigenvalue weighted by atomic mass is 9.95. The first-order valence-electron chi connectivity index (χ1n) is 10.7. The second-order valence-corrected chi connectivity index (χ2v) is 7.54. The molecule has 0 radical (unpaired) electrons. The van der Waals surface area contributed by atoms with Gasteiger partial charge in [0.05, 0.1) is 20.4 Å². The molecule has 33 heavy (non-hydrogen) atoms. The molecule has 1 N–H and O–H groups in total. The van der Waals surface area contributed by atoms with E-state index < -0.39 is 0 Å². The highest BCUT2D eigenvalue weighted by molar-refractivity contribution is 5.95. The maximum atomic E-state index is 12.8. The van der Waals surface area contributed by atoms with Crippen LogP contribution in [0.4, 0.5) is 0 Å². The van der Waals surface area contributed by atoms with Gasteiger partial charge in [-0.15, -0.1) is 0 Å². The van der Waals surface area contributed by atoms with E-state index in [2.05, 4.69) is 17.1 Å². The standard InChI is InChI=1S/C25H29N3O5/c1-4-15-33-21-8-5-18(6-9-21)17-26-27-24(29)19-11-13-28(14-12-19)25(30)20-7-10-22(31-2)23(16-20)32-3/h4-10,16-17,19H,1,11-15H2,2-3H3,(H,27,29)/b26-17-. The van der Waals surface area contributed by atoms with Crippen molar-refractivity contribution in [2.24, 2.45) is 11.0 Å². The number of benzene rings is 2. The van der Waals surface area contributed by atoms with Crippen LogP contribution in [-0.2, 0) is 4.79 Å². The van der Waals surface area contributed by atoms with Crippen LogP contribution in [-0.4, -0.2) is 56.8 Å². The van der Waals surface area contributed by atoms with Gasteiger partial charge in [-0.25, -0.2) is 5.43 Å². The van der Waals surface area contributed by atoms with Crippen molar-refractivity contribution in [3.63, 3.8) is 0 Å². The molecule has 0 atom stereocenters. The molecule has 0 saturated carbocycles.